The fourth-order valence-corrected chi connectivity index (χ4v) is 2.69. The van der Waals surface area contributed by atoms with Crippen molar-refractivity contribution in [2.75, 3.05) is 12.4 Å². The summed E-state index contributed by atoms with van der Waals surface area (Å²) in [6.07, 6.45) is 0. The van der Waals surface area contributed by atoms with Gasteiger partial charge in [-0.2, -0.15) is 0 Å². The van der Waals surface area contributed by atoms with Gasteiger partial charge in [0.25, 0.3) is 0 Å². The van der Waals surface area contributed by atoms with Crippen molar-refractivity contribution in [1.29, 1.82) is 0 Å². The van der Waals surface area contributed by atoms with Crippen molar-refractivity contribution in [1.82, 2.24) is 0 Å². The van der Waals surface area contributed by atoms with E-state index in [4.69, 9.17) is 51.1 Å². The van der Waals surface area contributed by atoms with E-state index in [9.17, 15) is 0 Å². The minimum atomic E-state index is 0.478. The molecule has 2 rings (SSSR count). The molecule has 0 radical (unpaired) electrons. The molecule has 2 aromatic carbocycles. The second-order valence-electron chi connectivity index (χ2n) is 4.06. The first-order chi connectivity index (χ1) is 9.51. The molecule has 0 saturated heterocycles. The van der Waals surface area contributed by atoms with E-state index >= 15 is 0 Å². The Bertz CT molecular complexity index is 631. The van der Waals surface area contributed by atoms with Gasteiger partial charge in [0.1, 0.15) is 5.75 Å². The molecule has 20 heavy (non-hydrogen) atoms. The molecule has 0 saturated carbocycles. The molecule has 0 spiro atoms. The highest BCUT2D eigenvalue weighted by molar-refractivity contribution is 6.42. The van der Waals surface area contributed by atoms with E-state index in [0.29, 0.717) is 32.4 Å². The average Bonchev–Trinajstić information content (AvgIpc) is 2.39. The summed E-state index contributed by atoms with van der Waals surface area (Å²) in [6.45, 7) is 0.501. The number of ether oxygens (including phenoxy) is 1. The Morgan fingerprint density at radius 1 is 0.950 bits per heavy atom. The monoisotopic (exact) mass is 349 g/mol. The van der Waals surface area contributed by atoms with Crippen LogP contribution in [0.2, 0.25) is 20.1 Å². The SMILES string of the molecule is COc1c(Cl)cc(Cl)cc1CNc1ccc(Cl)c(Cl)c1. The third kappa shape index (κ3) is 3.64. The largest absolute Gasteiger partial charge is 0.495 e. The summed E-state index contributed by atoms with van der Waals surface area (Å²) in [7, 11) is 1.57. The van der Waals surface area contributed by atoms with Crippen LogP contribution in [0.4, 0.5) is 5.69 Å². The normalized spacial score (nSPS) is 10.4. The predicted octanol–water partition coefficient (Wildman–Crippen LogP) is 5.92. The van der Waals surface area contributed by atoms with Crippen molar-refractivity contribution >= 4 is 52.1 Å². The minimum Gasteiger partial charge on any atom is -0.495 e. The summed E-state index contributed by atoms with van der Waals surface area (Å²) in [5, 5.41) is 5.26. The Labute approximate surface area is 137 Å². The molecule has 0 unspecified atom stereocenters. The first-order valence-electron chi connectivity index (χ1n) is 5.72. The van der Waals surface area contributed by atoms with E-state index < -0.39 is 0 Å². The summed E-state index contributed by atoms with van der Waals surface area (Å²) in [5.74, 6) is 0.601. The van der Waals surface area contributed by atoms with Crippen LogP contribution in [0.5, 0.6) is 5.75 Å². The number of hydrogen-bond donors (Lipinski definition) is 1. The van der Waals surface area contributed by atoms with Crippen LogP contribution in [0.15, 0.2) is 30.3 Å². The summed E-state index contributed by atoms with van der Waals surface area (Å²) < 4.78 is 5.28. The highest BCUT2D eigenvalue weighted by Crippen LogP contribution is 2.33. The molecule has 0 aliphatic carbocycles. The fraction of sp³-hybridized carbons (Fsp3) is 0.143. The molecule has 0 amide bonds. The zero-order valence-electron chi connectivity index (χ0n) is 10.5. The van der Waals surface area contributed by atoms with Crippen LogP contribution in [0.3, 0.4) is 0 Å². The Kier molecular flexibility index (Phi) is 5.28. The molecule has 2 nitrogen and oxygen atoms in total. The van der Waals surface area contributed by atoms with Gasteiger partial charge in [0.2, 0.25) is 0 Å². The number of halogens is 4. The van der Waals surface area contributed by atoms with Crippen LogP contribution < -0.4 is 10.1 Å². The topological polar surface area (TPSA) is 21.3 Å². The van der Waals surface area contributed by atoms with Crippen LogP contribution in [0.25, 0.3) is 0 Å². The maximum absolute atomic E-state index is 6.09. The smallest absolute Gasteiger partial charge is 0.142 e. The summed E-state index contributed by atoms with van der Waals surface area (Å²) >= 11 is 23.9. The fourth-order valence-electron chi connectivity index (χ4n) is 1.78. The van der Waals surface area contributed by atoms with Gasteiger partial charge in [-0.3, -0.25) is 0 Å². The van der Waals surface area contributed by atoms with E-state index in [1.54, 1.807) is 31.4 Å². The molecule has 0 bridgehead atoms. The predicted molar refractivity (Wildman–Crippen MR) is 86.8 cm³/mol. The Hall–Kier alpha value is -0.800. The molecule has 0 aliphatic rings. The Balaban J connectivity index is 2.20. The number of nitrogens with one attached hydrogen (secondary N) is 1. The average molecular weight is 351 g/mol. The highest BCUT2D eigenvalue weighted by Gasteiger charge is 2.10. The second-order valence-corrected chi connectivity index (χ2v) is 5.72. The number of anilines is 1. The van der Waals surface area contributed by atoms with E-state index in [2.05, 4.69) is 5.32 Å². The molecule has 0 heterocycles. The first kappa shape index (κ1) is 15.6. The van der Waals surface area contributed by atoms with Crippen molar-refractivity contribution in [2.24, 2.45) is 0 Å². The van der Waals surface area contributed by atoms with Crippen molar-refractivity contribution in [2.45, 2.75) is 6.54 Å². The van der Waals surface area contributed by atoms with Crippen LogP contribution in [-0.2, 0) is 6.54 Å². The molecule has 0 aromatic heterocycles. The second kappa shape index (κ2) is 6.77. The lowest BCUT2D eigenvalue weighted by Gasteiger charge is -2.13. The van der Waals surface area contributed by atoms with Crippen LogP contribution in [-0.4, -0.2) is 7.11 Å². The van der Waals surface area contributed by atoms with Gasteiger partial charge in [-0.15, -0.1) is 0 Å². The lowest BCUT2D eigenvalue weighted by atomic mass is 10.2. The van der Waals surface area contributed by atoms with Gasteiger partial charge in [0.15, 0.2) is 0 Å². The van der Waals surface area contributed by atoms with Gasteiger partial charge < -0.3 is 10.1 Å². The molecular weight excluding hydrogens is 340 g/mol. The first-order valence-corrected chi connectivity index (χ1v) is 7.23. The maximum Gasteiger partial charge on any atom is 0.142 e. The van der Waals surface area contributed by atoms with Gasteiger partial charge >= 0.3 is 0 Å². The van der Waals surface area contributed by atoms with Gasteiger partial charge in [-0.1, -0.05) is 46.4 Å². The molecule has 0 atom stereocenters. The maximum atomic E-state index is 6.09. The van der Waals surface area contributed by atoms with Gasteiger partial charge in [0, 0.05) is 22.8 Å². The Morgan fingerprint density at radius 3 is 2.35 bits per heavy atom. The lowest BCUT2D eigenvalue weighted by Crippen LogP contribution is -2.02. The zero-order valence-corrected chi connectivity index (χ0v) is 13.5. The summed E-state index contributed by atoms with van der Waals surface area (Å²) in [6, 6.07) is 8.77. The van der Waals surface area contributed by atoms with E-state index in [-0.39, 0.29) is 0 Å². The van der Waals surface area contributed by atoms with Crippen molar-refractivity contribution < 1.29 is 4.74 Å². The minimum absolute atomic E-state index is 0.478. The standard InChI is InChI=1S/C14H11Cl4NO/c1-20-14-8(4-9(15)5-13(14)18)7-19-10-2-3-11(16)12(17)6-10/h2-6,19H,7H2,1H3. The van der Waals surface area contributed by atoms with Gasteiger partial charge in [-0.05, 0) is 30.3 Å². The molecule has 0 fully saturated rings. The van der Waals surface area contributed by atoms with E-state index in [0.717, 1.165) is 11.3 Å². The zero-order chi connectivity index (χ0) is 14.7. The number of benzene rings is 2. The van der Waals surface area contributed by atoms with Gasteiger partial charge in [0.05, 0.1) is 22.2 Å². The van der Waals surface area contributed by atoms with Crippen molar-refractivity contribution in [3.05, 3.63) is 56.0 Å². The van der Waals surface area contributed by atoms with Crippen molar-refractivity contribution in [3.8, 4) is 5.75 Å². The third-order valence-corrected chi connectivity index (χ3v) is 3.93. The van der Waals surface area contributed by atoms with Crippen LogP contribution >= 0.6 is 46.4 Å². The molecular formula is C14H11Cl4NO. The summed E-state index contributed by atoms with van der Waals surface area (Å²) in [5.41, 5.74) is 1.70. The van der Waals surface area contributed by atoms with Crippen LogP contribution in [0.1, 0.15) is 5.56 Å². The van der Waals surface area contributed by atoms with E-state index in [1.165, 1.54) is 0 Å². The van der Waals surface area contributed by atoms with Gasteiger partial charge in [-0.25, -0.2) is 0 Å². The van der Waals surface area contributed by atoms with Crippen molar-refractivity contribution in [3.63, 3.8) is 0 Å². The van der Waals surface area contributed by atoms with Crippen LogP contribution in [0, 0.1) is 0 Å². The molecule has 106 valence electrons. The molecule has 2 aromatic rings. The summed E-state index contributed by atoms with van der Waals surface area (Å²) in [4.78, 5) is 0. The third-order valence-electron chi connectivity index (χ3n) is 2.69. The number of methoxy groups -OCH3 is 1. The lowest BCUT2D eigenvalue weighted by molar-refractivity contribution is 0.410. The number of hydrogen-bond acceptors (Lipinski definition) is 2. The quantitative estimate of drug-likeness (QED) is 0.738. The molecule has 6 heteroatoms. The highest BCUT2D eigenvalue weighted by atomic mass is 35.5. The number of rotatable bonds is 4. The Morgan fingerprint density at radius 2 is 1.70 bits per heavy atom. The molecule has 0 aliphatic heterocycles. The van der Waals surface area contributed by atoms with E-state index in [1.807, 2.05) is 6.07 Å². The molecule has 1 N–H and O–H groups in total.